The molecule has 0 fully saturated rings. The lowest BCUT2D eigenvalue weighted by atomic mass is 10.2. The molecule has 0 unspecified atom stereocenters. The highest BCUT2D eigenvalue weighted by molar-refractivity contribution is 7.10. The summed E-state index contributed by atoms with van der Waals surface area (Å²) in [5.41, 5.74) is 6.28. The maximum Gasteiger partial charge on any atom is 0.222 e. The Kier molecular flexibility index (Phi) is 5.03. The molecule has 86 valence electrons. The molecular formula is C12H16N2OS. The molecule has 1 rings (SSSR count). The van der Waals surface area contributed by atoms with E-state index in [2.05, 4.69) is 17.2 Å². The molecule has 4 heteroatoms. The third-order valence-electron chi connectivity index (χ3n) is 2.02. The van der Waals surface area contributed by atoms with Crippen LogP contribution in [0.15, 0.2) is 11.4 Å². The van der Waals surface area contributed by atoms with Crippen LogP contribution in [0.4, 0.5) is 0 Å². The minimum absolute atomic E-state index is 0.0125. The first-order chi connectivity index (χ1) is 7.65. The quantitative estimate of drug-likeness (QED) is 0.778. The second-order valence-electron chi connectivity index (χ2n) is 3.64. The lowest BCUT2D eigenvalue weighted by Crippen LogP contribution is -2.26. The van der Waals surface area contributed by atoms with Gasteiger partial charge in [0.15, 0.2) is 0 Å². The number of hydrogen-bond donors (Lipinski definition) is 2. The van der Waals surface area contributed by atoms with Gasteiger partial charge in [0.05, 0.1) is 13.1 Å². The van der Waals surface area contributed by atoms with Crippen molar-refractivity contribution in [2.24, 2.45) is 11.7 Å². The zero-order chi connectivity index (χ0) is 12.0. The van der Waals surface area contributed by atoms with Gasteiger partial charge in [-0.25, -0.2) is 0 Å². The van der Waals surface area contributed by atoms with Gasteiger partial charge in [0.25, 0.3) is 0 Å². The molecule has 3 N–H and O–H groups in total. The normalized spacial score (nSPS) is 9.75. The number of carbonyl (C=O) groups is 1. The van der Waals surface area contributed by atoms with Crippen molar-refractivity contribution in [1.82, 2.24) is 5.32 Å². The molecule has 1 heterocycles. The van der Waals surface area contributed by atoms with Crippen LogP contribution in [0.1, 0.15) is 24.3 Å². The van der Waals surface area contributed by atoms with E-state index in [-0.39, 0.29) is 11.8 Å². The molecule has 1 aromatic rings. The molecule has 0 spiro atoms. The number of hydrogen-bond acceptors (Lipinski definition) is 3. The minimum atomic E-state index is 0.0125. The van der Waals surface area contributed by atoms with Gasteiger partial charge in [-0.15, -0.1) is 11.3 Å². The Balaban J connectivity index is 2.61. The fourth-order valence-corrected chi connectivity index (χ4v) is 1.88. The number of amides is 1. The third kappa shape index (κ3) is 3.69. The molecule has 1 aromatic heterocycles. The van der Waals surface area contributed by atoms with Crippen molar-refractivity contribution in [3.63, 3.8) is 0 Å². The van der Waals surface area contributed by atoms with Crippen LogP contribution in [0, 0.1) is 17.8 Å². The van der Waals surface area contributed by atoms with Crippen molar-refractivity contribution in [2.75, 3.05) is 6.54 Å². The first-order valence-electron chi connectivity index (χ1n) is 5.18. The summed E-state index contributed by atoms with van der Waals surface area (Å²) in [6.07, 6.45) is 0. The molecule has 0 bridgehead atoms. The number of rotatable bonds is 3. The van der Waals surface area contributed by atoms with Crippen LogP contribution >= 0.6 is 11.3 Å². The summed E-state index contributed by atoms with van der Waals surface area (Å²) in [6, 6.07) is 1.95. The van der Waals surface area contributed by atoms with Crippen LogP contribution in [0.5, 0.6) is 0 Å². The Hall–Kier alpha value is -1.31. The largest absolute Gasteiger partial charge is 0.351 e. The van der Waals surface area contributed by atoms with Crippen LogP contribution in [0.25, 0.3) is 0 Å². The van der Waals surface area contributed by atoms with Gasteiger partial charge in [0.2, 0.25) is 5.91 Å². The van der Waals surface area contributed by atoms with E-state index >= 15 is 0 Å². The maximum atomic E-state index is 11.4. The topological polar surface area (TPSA) is 55.1 Å². The van der Waals surface area contributed by atoms with Crippen LogP contribution in [0.3, 0.4) is 0 Å². The van der Waals surface area contributed by atoms with E-state index in [0.717, 1.165) is 10.4 Å². The zero-order valence-electron chi connectivity index (χ0n) is 9.54. The Morgan fingerprint density at radius 3 is 3.00 bits per heavy atom. The molecule has 16 heavy (non-hydrogen) atoms. The standard InChI is InChI=1S/C12H16N2OS/c1-9(2)12(15)14-8-11-10(4-3-6-13)5-7-16-11/h5,7,9H,6,8,13H2,1-2H3,(H,14,15). The second-order valence-corrected chi connectivity index (χ2v) is 4.64. The molecule has 0 radical (unpaired) electrons. The Morgan fingerprint density at radius 2 is 2.38 bits per heavy atom. The van der Waals surface area contributed by atoms with Crippen molar-refractivity contribution >= 4 is 17.2 Å². The molecular weight excluding hydrogens is 220 g/mol. The Labute approximate surface area is 100 Å². The molecule has 0 aliphatic carbocycles. The molecule has 0 aromatic carbocycles. The highest BCUT2D eigenvalue weighted by Gasteiger charge is 2.08. The monoisotopic (exact) mass is 236 g/mol. The predicted molar refractivity (Wildman–Crippen MR) is 66.9 cm³/mol. The summed E-state index contributed by atoms with van der Waals surface area (Å²) < 4.78 is 0. The van der Waals surface area contributed by atoms with E-state index in [9.17, 15) is 4.79 Å². The number of thiophene rings is 1. The lowest BCUT2D eigenvalue weighted by Gasteiger charge is -2.06. The summed E-state index contributed by atoms with van der Waals surface area (Å²) in [5.74, 6) is 5.88. The SMILES string of the molecule is CC(C)C(=O)NCc1sccc1C#CCN. The van der Waals surface area contributed by atoms with Gasteiger partial charge in [-0.2, -0.15) is 0 Å². The fraction of sp³-hybridized carbons (Fsp3) is 0.417. The van der Waals surface area contributed by atoms with E-state index in [1.807, 2.05) is 25.3 Å². The van der Waals surface area contributed by atoms with Crippen LogP contribution in [0.2, 0.25) is 0 Å². The average Bonchev–Trinajstić information content (AvgIpc) is 2.70. The highest BCUT2D eigenvalue weighted by atomic mass is 32.1. The average molecular weight is 236 g/mol. The van der Waals surface area contributed by atoms with Crippen molar-refractivity contribution < 1.29 is 4.79 Å². The maximum absolute atomic E-state index is 11.4. The molecule has 0 saturated carbocycles. The van der Waals surface area contributed by atoms with Gasteiger partial charge in [-0.05, 0) is 11.4 Å². The smallest absolute Gasteiger partial charge is 0.222 e. The Bertz CT molecular complexity index is 412. The van der Waals surface area contributed by atoms with E-state index in [4.69, 9.17) is 5.73 Å². The van der Waals surface area contributed by atoms with Crippen LogP contribution in [-0.2, 0) is 11.3 Å². The molecule has 0 atom stereocenters. The summed E-state index contributed by atoms with van der Waals surface area (Å²) in [7, 11) is 0. The molecule has 0 aliphatic heterocycles. The summed E-state index contributed by atoms with van der Waals surface area (Å²) in [4.78, 5) is 12.5. The summed E-state index contributed by atoms with van der Waals surface area (Å²) >= 11 is 1.60. The van der Waals surface area contributed by atoms with E-state index in [1.165, 1.54) is 0 Å². The van der Waals surface area contributed by atoms with Crippen molar-refractivity contribution in [3.05, 3.63) is 21.9 Å². The second kappa shape index (κ2) is 6.31. The minimum Gasteiger partial charge on any atom is -0.351 e. The number of nitrogens with two attached hydrogens (primary N) is 1. The van der Waals surface area contributed by atoms with E-state index in [1.54, 1.807) is 11.3 Å². The van der Waals surface area contributed by atoms with Gasteiger partial charge in [-0.1, -0.05) is 25.7 Å². The lowest BCUT2D eigenvalue weighted by molar-refractivity contribution is -0.124. The summed E-state index contributed by atoms with van der Waals surface area (Å²) in [6.45, 7) is 4.65. The van der Waals surface area contributed by atoms with Gasteiger partial charge < -0.3 is 11.1 Å². The zero-order valence-corrected chi connectivity index (χ0v) is 10.4. The number of nitrogens with one attached hydrogen (secondary N) is 1. The van der Waals surface area contributed by atoms with Crippen molar-refractivity contribution in [1.29, 1.82) is 0 Å². The van der Waals surface area contributed by atoms with Gasteiger partial charge in [0.1, 0.15) is 0 Å². The molecule has 0 saturated heterocycles. The van der Waals surface area contributed by atoms with Crippen molar-refractivity contribution in [3.8, 4) is 11.8 Å². The van der Waals surface area contributed by atoms with Crippen LogP contribution < -0.4 is 11.1 Å². The summed E-state index contributed by atoms with van der Waals surface area (Å²) in [5, 5.41) is 4.84. The first-order valence-corrected chi connectivity index (χ1v) is 6.06. The first kappa shape index (κ1) is 12.8. The van der Waals surface area contributed by atoms with Gasteiger partial charge in [-0.3, -0.25) is 4.79 Å². The predicted octanol–water partition coefficient (Wildman–Crippen LogP) is 1.33. The van der Waals surface area contributed by atoms with Crippen LogP contribution in [-0.4, -0.2) is 12.5 Å². The molecule has 0 aliphatic rings. The molecule has 3 nitrogen and oxygen atoms in total. The van der Waals surface area contributed by atoms with Gasteiger partial charge in [0, 0.05) is 16.4 Å². The third-order valence-corrected chi connectivity index (χ3v) is 2.94. The number of carbonyl (C=O) groups excluding carboxylic acids is 1. The van der Waals surface area contributed by atoms with E-state index < -0.39 is 0 Å². The highest BCUT2D eigenvalue weighted by Crippen LogP contribution is 2.15. The van der Waals surface area contributed by atoms with E-state index in [0.29, 0.717) is 13.1 Å². The van der Waals surface area contributed by atoms with Crippen molar-refractivity contribution in [2.45, 2.75) is 20.4 Å². The fourth-order valence-electron chi connectivity index (χ4n) is 1.11. The Morgan fingerprint density at radius 1 is 1.62 bits per heavy atom. The molecule has 1 amide bonds. The van der Waals surface area contributed by atoms with Gasteiger partial charge >= 0.3 is 0 Å².